The molecule has 4 rings (SSSR count). The van der Waals surface area contributed by atoms with Crippen LogP contribution in [0.4, 0.5) is 14.9 Å². The molecule has 0 bridgehead atoms. The van der Waals surface area contributed by atoms with Crippen LogP contribution in [-0.2, 0) is 0 Å². The average molecular weight is 443 g/mol. The standard InChI is InChI=1S/C23H27FN4O2S/c1-15-13-16(22-25-20-14-17(24)4-6-21(20)31-22)3-5-19(15)26-23(30)28-9-7-18(8-10-28)27(2)11-12-29/h3-6,13-14,18,29H,7-12H2,1-2H3,(H,26,30). The van der Waals surface area contributed by atoms with E-state index in [9.17, 15) is 9.18 Å². The largest absolute Gasteiger partial charge is 0.395 e. The number of fused-ring (bicyclic) bond motifs is 1. The van der Waals surface area contributed by atoms with Crippen molar-refractivity contribution in [2.24, 2.45) is 0 Å². The average Bonchev–Trinajstić information content (AvgIpc) is 3.18. The number of hydrogen-bond donors (Lipinski definition) is 2. The molecule has 1 aliphatic rings. The molecule has 0 aliphatic carbocycles. The van der Waals surface area contributed by atoms with Gasteiger partial charge in [0.25, 0.3) is 0 Å². The summed E-state index contributed by atoms with van der Waals surface area (Å²) in [5.74, 6) is -0.289. The maximum atomic E-state index is 13.4. The minimum Gasteiger partial charge on any atom is -0.395 e. The summed E-state index contributed by atoms with van der Waals surface area (Å²) in [5.41, 5.74) is 3.34. The summed E-state index contributed by atoms with van der Waals surface area (Å²) in [5, 5.41) is 13.0. The van der Waals surface area contributed by atoms with Crippen molar-refractivity contribution in [3.63, 3.8) is 0 Å². The van der Waals surface area contributed by atoms with E-state index in [-0.39, 0.29) is 18.5 Å². The minimum absolute atomic E-state index is 0.0884. The number of urea groups is 1. The van der Waals surface area contributed by atoms with Crippen LogP contribution >= 0.6 is 11.3 Å². The van der Waals surface area contributed by atoms with E-state index in [1.165, 1.54) is 23.5 Å². The van der Waals surface area contributed by atoms with Crippen molar-refractivity contribution < 1.29 is 14.3 Å². The number of carbonyl (C=O) groups is 1. The van der Waals surface area contributed by atoms with Crippen LogP contribution < -0.4 is 5.32 Å². The van der Waals surface area contributed by atoms with E-state index in [0.29, 0.717) is 31.2 Å². The van der Waals surface area contributed by atoms with Gasteiger partial charge >= 0.3 is 6.03 Å². The topological polar surface area (TPSA) is 68.7 Å². The van der Waals surface area contributed by atoms with Gasteiger partial charge in [0.1, 0.15) is 10.8 Å². The number of nitrogens with one attached hydrogen (secondary N) is 1. The molecule has 2 amide bonds. The number of piperidine rings is 1. The van der Waals surface area contributed by atoms with Crippen molar-refractivity contribution in [3.05, 3.63) is 47.8 Å². The third-order valence-corrected chi connectivity index (χ3v) is 6.98. The highest BCUT2D eigenvalue weighted by molar-refractivity contribution is 7.21. The van der Waals surface area contributed by atoms with Crippen LogP contribution in [-0.4, -0.2) is 65.3 Å². The van der Waals surface area contributed by atoms with Gasteiger partial charge in [0.05, 0.1) is 16.8 Å². The Labute approximate surface area is 185 Å². The van der Waals surface area contributed by atoms with Crippen LogP contribution in [0.15, 0.2) is 36.4 Å². The first-order valence-electron chi connectivity index (χ1n) is 10.5. The molecule has 2 N–H and O–H groups in total. The number of hydrogen-bond acceptors (Lipinski definition) is 5. The van der Waals surface area contributed by atoms with Gasteiger partial charge < -0.3 is 20.2 Å². The van der Waals surface area contributed by atoms with Gasteiger partial charge in [0, 0.05) is 43.0 Å². The summed E-state index contributed by atoms with van der Waals surface area (Å²) in [6, 6.07) is 10.8. The summed E-state index contributed by atoms with van der Waals surface area (Å²) >= 11 is 1.52. The Kier molecular flexibility index (Phi) is 6.50. The third-order valence-electron chi connectivity index (χ3n) is 5.89. The van der Waals surface area contributed by atoms with E-state index in [1.54, 1.807) is 6.07 Å². The monoisotopic (exact) mass is 442 g/mol. The molecular formula is C23H27FN4O2S. The van der Waals surface area contributed by atoms with Crippen LogP contribution in [0.2, 0.25) is 0 Å². The van der Waals surface area contributed by atoms with Crippen molar-refractivity contribution in [1.29, 1.82) is 0 Å². The Morgan fingerprint density at radius 3 is 2.77 bits per heavy atom. The lowest BCUT2D eigenvalue weighted by molar-refractivity contribution is 0.122. The van der Waals surface area contributed by atoms with Gasteiger partial charge in [-0.05, 0) is 62.7 Å². The lowest BCUT2D eigenvalue weighted by Crippen LogP contribution is -2.47. The zero-order chi connectivity index (χ0) is 22.0. The molecule has 0 atom stereocenters. The van der Waals surface area contributed by atoms with Gasteiger partial charge in [-0.25, -0.2) is 14.2 Å². The molecule has 31 heavy (non-hydrogen) atoms. The molecule has 1 aromatic heterocycles. The highest BCUT2D eigenvalue weighted by Crippen LogP contribution is 2.32. The fraction of sp³-hybridized carbons (Fsp3) is 0.391. The van der Waals surface area contributed by atoms with Crippen LogP contribution in [0.3, 0.4) is 0 Å². The van der Waals surface area contributed by atoms with Crippen LogP contribution in [0.1, 0.15) is 18.4 Å². The van der Waals surface area contributed by atoms with Gasteiger partial charge in [0.2, 0.25) is 0 Å². The number of rotatable bonds is 5. The summed E-state index contributed by atoms with van der Waals surface area (Å²) in [6.45, 7) is 4.17. The summed E-state index contributed by atoms with van der Waals surface area (Å²) in [7, 11) is 2.02. The van der Waals surface area contributed by atoms with Gasteiger partial charge in [-0.2, -0.15) is 0 Å². The van der Waals surface area contributed by atoms with Gasteiger partial charge in [0.15, 0.2) is 0 Å². The lowest BCUT2D eigenvalue weighted by Gasteiger charge is -2.36. The number of nitrogens with zero attached hydrogens (tertiary/aromatic N) is 3. The van der Waals surface area contributed by atoms with E-state index < -0.39 is 0 Å². The Morgan fingerprint density at radius 2 is 2.06 bits per heavy atom. The molecule has 8 heteroatoms. The third kappa shape index (κ3) is 4.87. The van der Waals surface area contributed by atoms with E-state index in [4.69, 9.17) is 5.11 Å². The normalized spacial score (nSPS) is 15.1. The molecule has 0 saturated carbocycles. The molecule has 164 valence electrons. The quantitative estimate of drug-likeness (QED) is 0.617. The molecule has 1 fully saturated rings. The zero-order valence-electron chi connectivity index (χ0n) is 17.8. The van der Waals surface area contributed by atoms with Crippen LogP contribution in [0.5, 0.6) is 0 Å². The molecule has 3 aromatic rings. The van der Waals surface area contributed by atoms with E-state index in [2.05, 4.69) is 15.2 Å². The Morgan fingerprint density at radius 1 is 1.29 bits per heavy atom. The highest BCUT2D eigenvalue weighted by atomic mass is 32.1. The summed E-state index contributed by atoms with van der Waals surface area (Å²) in [6.07, 6.45) is 1.81. The first-order chi connectivity index (χ1) is 14.9. The molecule has 6 nitrogen and oxygen atoms in total. The number of halogens is 1. The number of thiazole rings is 1. The molecule has 2 heterocycles. The maximum absolute atomic E-state index is 13.4. The van der Waals surface area contributed by atoms with E-state index >= 15 is 0 Å². The van der Waals surface area contributed by atoms with Gasteiger partial charge in [-0.3, -0.25) is 0 Å². The number of likely N-dealkylation sites (N-methyl/N-ethyl adjacent to an activating group) is 1. The lowest BCUT2D eigenvalue weighted by atomic mass is 10.0. The maximum Gasteiger partial charge on any atom is 0.321 e. The number of benzene rings is 2. The SMILES string of the molecule is Cc1cc(-c2nc3cc(F)ccc3s2)ccc1NC(=O)N1CCC(N(C)CCO)CC1. The first-order valence-corrected chi connectivity index (χ1v) is 11.3. The second kappa shape index (κ2) is 9.30. The van der Waals surface area contributed by atoms with Gasteiger partial charge in [-0.15, -0.1) is 11.3 Å². The van der Waals surface area contributed by atoms with Crippen molar-refractivity contribution in [1.82, 2.24) is 14.8 Å². The minimum atomic E-state index is -0.289. The number of anilines is 1. The predicted molar refractivity (Wildman–Crippen MR) is 123 cm³/mol. The number of likely N-dealkylation sites (tertiary alicyclic amines) is 1. The van der Waals surface area contributed by atoms with E-state index in [1.807, 2.05) is 37.1 Å². The smallest absolute Gasteiger partial charge is 0.321 e. The fourth-order valence-corrected chi connectivity index (χ4v) is 4.95. The summed E-state index contributed by atoms with van der Waals surface area (Å²) < 4.78 is 14.4. The highest BCUT2D eigenvalue weighted by Gasteiger charge is 2.25. The van der Waals surface area contributed by atoms with E-state index in [0.717, 1.165) is 39.4 Å². The van der Waals surface area contributed by atoms with Gasteiger partial charge in [-0.1, -0.05) is 0 Å². The Bertz CT molecular complexity index is 1080. The number of aromatic nitrogens is 1. The second-order valence-electron chi connectivity index (χ2n) is 8.01. The second-order valence-corrected chi connectivity index (χ2v) is 9.04. The number of aliphatic hydroxyl groups is 1. The summed E-state index contributed by atoms with van der Waals surface area (Å²) in [4.78, 5) is 21.3. The van der Waals surface area contributed by atoms with Crippen LogP contribution in [0, 0.1) is 12.7 Å². The first kappa shape index (κ1) is 21.7. The predicted octanol–water partition coefficient (Wildman–Crippen LogP) is 4.33. The Balaban J connectivity index is 1.41. The zero-order valence-corrected chi connectivity index (χ0v) is 18.6. The number of amides is 2. The van der Waals surface area contributed by atoms with Crippen molar-refractivity contribution in [2.75, 3.05) is 38.6 Å². The molecule has 1 aliphatic heterocycles. The Hall–Kier alpha value is -2.55. The molecular weight excluding hydrogens is 415 g/mol. The van der Waals surface area contributed by atoms with Crippen molar-refractivity contribution in [2.45, 2.75) is 25.8 Å². The number of aryl methyl sites for hydroxylation is 1. The number of carbonyl (C=O) groups excluding carboxylic acids is 1. The molecule has 1 saturated heterocycles. The molecule has 0 unspecified atom stereocenters. The van der Waals surface area contributed by atoms with Crippen molar-refractivity contribution >= 4 is 33.3 Å². The number of aliphatic hydroxyl groups excluding tert-OH is 1. The van der Waals surface area contributed by atoms with Crippen LogP contribution in [0.25, 0.3) is 20.8 Å². The molecule has 0 spiro atoms. The molecule has 2 aromatic carbocycles. The van der Waals surface area contributed by atoms with Crippen molar-refractivity contribution in [3.8, 4) is 10.6 Å². The molecule has 0 radical (unpaired) electrons. The fourth-order valence-electron chi connectivity index (χ4n) is 4.01.